The maximum atomic E-state index is 5.23. The van der Waals surface area contributed by atoms with E-state index in [-0.39, 0.29) is 0 Å². The summed E-state index contributed by atoms with van der Waals surface area (Å²) in [5, 5.41) is 15.0. The lowest BCUT2D eigenvalue weighted by atomic mass is 10.1. The first-order valence-electron chi connectivity index (χ1n) is 10.7. The monoisotopic (exact) mass is 420 g/mol. The molecule has 1 aromatic heterocycles. The van der Waals surface area contributed by atoms with Crippen molar-refractivity contribution in [2.75, 3.05) is 20.2 Å². The van der Waals surface area contributed by atoms with Crippen LogP contribution in [-0.4, -0.2) is 40.9 Å². The molecule has 0 radical (unpaired) electrons. The fraction of sp³-hybridized carbons (Fsp3) is 0.375. The number of nitrogens with one attached hydrogen (secondary N) is 2. The topological polar surface area (TPSA) is 76.4 Å². The third kappa shape index (κ3) is 7.13. The van der Waals surface area contributed by atoms with E-state index in [1.54, 1.807) is 13.4 Å². The Labute approximate surface area is 184 Å². The number of benzene rings is 2. The van der Waals surface area contributed by atoms with Gasteiger partial charge in [0.2, 0.25) is 0 Å². The van der Waals surface area contributed by atoms with E-state index in [4.69, 9.17) is 9.73 Å². The molecule has 0 unspecified atom stereocenters. The van der Waals surface area contributed by atoms with Crippen LogP contribution in [0, 0.1) is 6.92 Å². The molecule has 0 saturated heterocycles. The number of aliphatic imine (C=N–C) groups is 1. The van der Waals surface area contributed by atoms with Crippen LogP contribution in [0.5, 0.6) is 5.75 Å². The Kier molecular flexibility index (Phi) is 8.46. The molecular weight excluding hydrogens is 388 g/mol. The minimum Gasteiger partial charge on any atom is -0.497 e. The van der Waals surface area contributed by atoms with Gasteiger partial charge >= 0.3 is 0 Å². The highest BCUT2D eigenvalue weighted by Gasteiger charge is 2.04. The van der Waals surface area contributed by atoms with Gasteiger partial charge in [-0.25, -0.2) is 4.99 Å². The summed E-state index contributed by atoms with van der Waals surface area (Å²) in [5.41, 5.74) is 3.70. The lowest BCUT2D eigenvalue weighted by molar-refractivity contribution is 0.414. The van der Waals surface area contributed by atoms with Crippen LogP contribution in [-0.2, 0) is 25.9 Å². The highest BCUT2D eigenvalue weighted by atomic mass is 16.5. The summed E-state index contributed by atoms with van der Waals surface area (Å²) < 4.78 is 7.30. The minimum absolute atomic E-state index is 0.630. The van der Waals surface area contributed by atoms with Gasteiger partial charge in [-0.3, -0.25) is 0 Å². The number of aromatic nitrogens is 3. The minimum atomic E-state index is 0.630. The van der Waals surface area contributed by atoms with Crippen molar-refractivity contribution in [3.8, 4) is 5.75 Å². The molecule has 3 rings (SSSR count). The summed E-state index contributed by atoms with van der Waals surface area (Å²) >= 11 is 0. The molecule has 2 aromatic carbocycles. The van der Waals surface area contributed by atoms with Crippen LogP contribution in [0.1, 0.15) is 29.4 Å². The van der Waals surface area contributed by atoms with Crippen LogP contribution in [0.2, 0.25) is 0 Å². The van der Waals surface area contributed by atoms with E-state index < -0.39 is 0 Å². The van der Waals surface area contributed by atoms with Crippen molar-refractivity contribution in [1.29, 1.82) is 0 Å². The average Bonchev–Trinajstić information content (AvgIpc) is 3.26. The maximum Gasteiger partial charge on any atom is 0.191 e. The molecule has 7 nitrogen and oxygen atoms in total. The number of ether oxygens (including phenoxy) is 1. The van der Waals surface area contributed by atoms with E-state index in [0.29, 0.717) is 6.54 Å². The van der Waals surface area contributed by atoms with Crippen molar-refractivity contribution in [2.24, 2.45) is 4.99 Å². The van der Waals surface area contributed by atoms with E-state index in [1.165, 1.54) is 16.7 Å². The van der Waals surface area contributed by atoms with Gasteiger partial charge in [0.1, 0.15) is 17.9 Å². The molecule has 0 bridgehead atoms. The van der Waals surface area contributed by atoms with Gasteiger partial charge in [-0.15, -0.1) is 10.2 Å². The zero-order chi connectivity index (χ0) is 21.9. The smallest absolute Gasteiger partial charge is 0.191 e. The summed E-state index contributed by atoms with van der Waals surface area (Å²) in [5.74, 6) is 2.67. The Balaban J connectivity index is 1.56. The first-order valence-corrected chi connectivity index (χ1v) is 10.7. The molecule has 0 spiro atoms. The normalized spacial score (nSPS) is 11.4. The highest BCUT2D eigenvalue weighted by Crippen LogP contribution is 2.11. The van der Waals surface area contributed by atoms with Gasteiger partial charge in [0.25, 0.3) is 0 Å². The lowest BCUT2D eigenvalue weighted by Gasteiger charge is -2.14. The summed E-state index contributed by atoms with van der Waals surface area (Å²) in [4.78, 5) is 4.78. The van der Waals surface area contributed by atoms with Crippen LogP contribution >= 0.6 is 0 Å². The van der Waals surface area contributed by atoms with Crippen LogP contribution in [0.4, 0.5) is 0 Å². The predicted molar refractivity (Wildman–Crippen MR) is 124 cm³/mol. The van der Waals surface area contributed by atoms with Gasteiger partial charge < -0.3 is 19.9 Å². The number of guanidine groups is 1. The second-order valence-corrected chi connectivity index (χ2v) is 7.40. The standard InChI is InChI=1S/C24H32N6O/c1-4-23-29-28-18-30(23)16-15-26-24(27-17-21-7-5-19(2)6-8-21)25-14-13-20-9-11-22(31-3)12-10-20/h5-12,18H,4,13-17H2,1-3H3,(H2,25,26,27). The van der Waals surface area contributed by atoms with E-state index >= 15 is 0 Å². The predicted octanol–water partition coefficient (Wildman–Crippen LogP) is 3.14. The molecule has 0 fully saturated rings. The van der Waals surface area contributed by atoms with Crippen LogP contribution < -0.4 is 15.4 Å². The summed E-state index contributed by atoms with van der Waals surface area (Å²) in [6.07, 6.45) is 3.55. The Hall–Kier alpha value is -3.35. The molecule has 0 aliphatic heterocycles. The number of nitrogens with zero attached hydrogens (tertiary/aromatic N) is 4. The highest BCUT2D eigenvalue weighted by molar-refractivity contribution is 5.79. The van der Waals surface area contributed by atoms with Crippen molar-refractivity contribution in [1.82, 2.24) is 25.4 Å². The molecule has 31 heavy (non-hydrogen) atoms. The average molecular weight is 421 g/mol. The van der Waals surface area contributed by atoms with Crippen LogP contribution in [0.25, 0.3) is 0 Å². The number of methoxy groups -OCH3 is 1. The van der Waals surface area contributed by atoms with Crippen LogP contribution in [0.3, 0.4) is 0 Å². The Morgan fingerprint density at radius 2 is 1.71 bits per heavy atom. The second kappa shape index (κ2) is 11.7. The van der Waals surface area contributed by atoms with Gasteiger partial charge in [0, 0.05) is 26.1 Å². The van der Waals surface area contributed by atoms with Crippen molar-refractivity contribution >= 4 is 5.96 Å². The Morgan fingerprint density at radius 3 is 2.42 bits per heavy atom. The van der Waals surface area contributed by atoms with Crippen molar-refractivity contribution < 1.29 is 4.74 Å². The molecule has 2 N–H and O–H groups in total. The van der Waals surface area contributed by atoms with Gasteiger partial charge in [-0.1, -0.05) is 48.9 Å². The van der Waals surface area contributed by atoms with Gasteiger partial charge in [0.05, 0.1) is 13.7 Å². The number of rotatable bonds is 10. The third-order valence-corrected chi connectivity index (χ3v) is 5.06. The van der Waals surface area contributed by atoms with Crippen LogP contribution in [0.15, 0.2) is 59.9 Å². The number of hydrogen-bond donors (Lipinski definition) is 2. The second-order valence-electron chi connectivity index (χ2n) is 7.40. The number of aryl methyl sites for hydroxylation is 2. The van der Waals surface area contributed by atoms with E-state index in [1.807, 2.05) is 12.1 Å². The quantitative estimate of drug-likeness (QED) is 0.389. The first kappa shape index (κ1) is 22.3. The molecule has 0 atom stereocenters. The third-order valence-electron chi connectivity index (χ3n) is 5.06. The molecule has 0 aliphatic rings. The fourth-order valence-corrected chi connectivity index (χ4v) is 3.19. The molecule has 0 aliphatic carbocycles. The molecule has 0 saturated carbocycles. The van der Waals surface area contributed by atoms with Crippen molar-refractivity contribution in [2.45, 2.75) is 39.8 Å². The summed E-state index contributed by atoms with van der Waals surface area (Å²) in [6.45, 7) is 7.14. The lowest BCUT2D eigenvalue weighted by Crippen LogP contribution is -2.40. The molecule has 3 aromatic rings. The largest absolute Gasteiger partial charge is 0.497 e. The summed E-state index contributed by atoms with van der Waals surface area (Å²) in [6, 6.07) is 16.7. The Morgan fingerprint density at radius 1 is 1.00 bits per heavy atom. The van der Waals surface area contributed by atoms with Gasteiger partial charge in [-0.2, -0.15) is 0 Å². The maximum absolute atomic E-state index is 5.23. The van der Waals surface area contributed by atoms with E-state index in [0.717, 1.165) is 50.0 Å². The molecule has 164 valence electrons. The van der Waals surface area contributed by atoms with E-state index in [9.17, 15) is 0 Å². The molecule has 0 amide bonds. The van der Waals surface area contributed by atoms with Gasteiger partial charge in [0.15, 0.2) is 5.96 Å². The molecular formula is C24H32N6O. The van der Waals surface area contributed by atoms with Crippen molar-refractivity contribution in [3.05, 3.63) is 77.4 Å². The first-order chi connectivity index (χ1) is 15.2. The van der Waals surface area contributed by atoms with Crippen molar-refractivity contribution in [3.63, 3.8) is 0 Å². The zero-order valence-electron chi connectivity index (χ0n) is 18.6. The number of hydrogen-bond acceptors (Lipinski definition) is 4. The zero-order valence-corrected chi connectivity index (χ0v) is 18.6. The fourth-order valence-electron chi connectivity index (χ4n) is 3.19. The SMILES string of the molecule is CCc1nncn1CCNC(=NCc1ccc(C)cc1)NCCc1ccc(OC)cc1. The molecule has 7 heteroatoms. The summed E-state index contributed by atoms with van der Waals surface area (Å²) in [7, 11) is 1.68. The molecule has 1 heterocycles. The Bertz CT molecular complexity index is 947. The van der Waals surface area contributed by atoms with E-state index in [2.05, 4.69) is 75.6 Å². The van der Waals surface area contributed by atoms with Gasteiger partial charge in [-0.05, 0) is 36.6 Å².